The minimum absolute atomic E-state index is 0.112. The fourth-order valence-electron chi connectivity index (χ4n) is 4.08. The first-order chi connectivity index (χ1) is 18.3. The Morgan fingerprint density at radius 3 is 2.10 bits per heavy atom. The van der Waals surface area contributed by atoms with Gasteiger partial charge in [0.05, 0.1) is 22.0 Å². The lowest BCUT2D eigenvalue weighted by Crippen LogP contribution is -2.54. The van der Waals surface area contributed by atoms with Crippen LogP contribution in [0.25, 0.3) is 0 Å². The maximum atomic E-state index is 14.0. The molecule has 0 heterocycles. The molecule has 0 aliphatic carbocycles. The number of hydrogen-bond donors (Lipinski definition) is 1. The largest absolute Gasteiger partial charge is 0.352 e. The fourth-order valence-corrected chi connectivity index (χ4v) is 5.21. The lowest BCUT2D eigenvalue weighted by Gasteiger charge is -2.34. The molecule has 1 N–H and O–H groups in total. The van der Waals surface area contributed by atoms with Gasteiger partial charge in [0.25, 0.3) is 0 Å². The van der Waals surface area contributed by atoms with Crippen molar-refractivity contribution in [2.75, 3.05) is 17.1 Å². The average molecular weight is 591 g/mol. The topological polar surface area (TPSA) is 86.8 Å². The van der Waals surface area contributed by atoms with Crippen LogP contribution in [0.3, 0.4) is 0 Å². The number of amides is 2. The van der Waals surface area contributed by atoms with Crippen molar-refractivity contribution in [3.63, 3.8) is 0 Å². The van der Waals surface area contributed by atoms with Gasteiger partial charge in [0.1, 0.15) is 12.6 Å². The predicted octanol–water partition coefficient (Wildman–Crippen LogP) is 5.23. The number of hydrogen-bond acceptors (Lipinski definition) is 4. The van der Waals surface area contributed by atoms with Gasteiger partial charge in [0.15, 0.2) is 0 Å². The molecular formula is C29H33Cl2N3O4S. The summed E-state index contributed by atoms with van der Waals surface area (Å²) in [5.74, 6) is -0.860. The number of rotatable bonds is 11. The quantitative estimate of drug-likeness (QED) is 0.331. The number of sulfonamides is 1. The van der Waals surface area contributed by atoms with Gasteiger partial charge in [-0.05, 0) is 50.1 Å². The molecule has 39 heavy (non-hydrogen) atoms. The molecule has 0 saturated heterocycles. The molecular weight excluding hydrogens is 557 g/mol. The Balaban J connectivity index is 2.06. The Kier molecular flexibility index (Phi) is 10.4. The Morgan fingerprint density at radius 2 is 1.54 bits per heavy atom. The summed E-state index contributed by atoms with van der Waals surface area (Å²) in [4.78, 5) is 29.0. The van der Waals surface area contributed by atoms with Crippen LogP contribution in [0.4, 0.5) is 5.69 Å². The molecule has 0 aliphatic heterocycles. The van der Waals surface area contributed by atoms with Crippen LogP contribution in [0, 0.1) is 6.92 Å². The first-order valence-corrected chi connectivity index (χ1v) is 15.1. The second-order valence-electron chi connectivity index (χ2n) is 9.74. The van der Waals surface area contributed by atoms with E-state index in [1.165, 1.54) is 23.1 Å². The van der Waals surface area contributed by atoms with Crippen molar-refractivity contribution in [1.29, 1.82) is 0 Å². The summed E-state index contributed by atoms with van der Waals surface area (Å²) in [5, 5.41) is 3.34. The molecule has 10 heteroatoms. The summed E-state index contributed by atoms with van der Waals surface area (Å²) in [6.45, 7) is 5.24. The van der Waals surface area contributed by atoms with Gasteiger partial charge < -0.3 is 10.2 Å². The molecule has 0 radical (unpaired) electrons. The van der Waals surface area contributed by atoms with Crippen LogP contribution in [-0.2, 0) is 32.6 Å². The molecule has 1 atom stereocenters. The van der Waals surface area contributed by atoms with Crippen LogP contribution in [0.15, 0.2) is 72.8 Å². The van der Waals surface area contributed by atoms with Crippen molar-refractivity contribution in [3.8, 4) is 0 Å². The van der Waals surface area contributed by atoms with Gasteiger partial charge in [0.2, 0.25) is 21.8 Å². The summed E-state index contributed by atoms with van der Waals surface area (Å²) in [5.41, 5.74) is 2.93. The van der Waals surface area contributed by atoms with Crippen LogP contribution >= 0.6 is 23.2 Å². The van der Waals surface area contributed by atoms with E-state index >= 15 is 0 Å². The minimum Gasteiger partial charge on any atom is -0.352 e. The van der Waals surface area contributed by atoms with Crippen LogP contribution in [0.1, 0.15) is 30.5 Å². The molecule has 0 aliphatic rings. The molecule has 7 nitrogen and oxygen atoms in total. The molecule has 3 rings (SSSR count). The van der Waals surface area contributed by atoms with Gasteiger partial charge >= 0.3 is 0 Å². The molecule has 0 bridgehead atoms. The minimum atomic E-state index is -3.89. The van der Waals surface area contributed by atoms with E-state index in [0.29, 0.717) is 0 Å². The van der Waals surface area contributed by atoms with Crippen LogP contribution in [0.2, 0.25) is 10.0 Å². The first-order valence-electron chi connectivity index (χ1n) is 12.5. The number of carbonyl (C=O) groups excluding carboxylic acids is 2. The van der Waals surface area contributed by atoms with E-state index in [2.05, 4.69) is 5.32 Å². The SMILES string of the molecule is Cc1ccc(CN(C(=O)CN(c2ccc(Cl)c(Cl)c2)S(C)(=O)=O)C(Cc2ccccc2)C(=O)NC(C)C)cc1. The van der Waals surface area contributed by atoms with Crippen molar-refractivity contribution in [2.24, 2.45) is 0 Å². The summed E-state index contributed by atoms with van der Waals surface area (Å²) in [7, 11) is -3.89. The highest BCUT2D eigenvalue weighted by atomic mass is 35.5. The summed E-state index contributed by atoms with van der Waals surface area (Å²) in [6.07, 6.45) is 1.27. The number of nitrogens with zero attached hydrogens (tertiary/aromatic N) is 2. The zero-order valence-corrected chi connectivity index (χ0v) is 24.7. The zero-order chi connectivity index (χ0) is 28.7. The maximum absolute atomic E-state index is 14.0. The molecule has 0 aromatic heterocycles. The van der Waals surface area contributed by atoms with Gasteiger partial charge in [-0.2, -0.15) is 0 Å². The molecule has 0 spiro atoms. The van der Waals surface area contributed by atoms with E-state index in [0.717, 1.165) is 27.3 Å². The number of anilines is 1. The highest BCUT2D eigenvalue weighted by molar-refractivity contribution is 7.92. The van der Waals surface area contributed by atoms with Crippen LogP contribution in [-0.4, -0.2) is 50.0 Å². The van der Waals surface area contributed by atoms with E-state index < -0.39 is 28.5 Å². The fraction of sp³-hybridized carbons (Fsp3) is 0.310. The van der Waals surface area contributed by atoms with Gasteiger partial charge in [-0.3, -0.25) is 13.9 Å². The van der Waals surface area contributed by atoms with Crippen molar-refractivity contribution in [1.82, 2.24) is 10.2 Å². The molecule has 208 valence electrons. The van der Waals surface area contributed by atoms with E-state index in [1.54, 1.807) is 0 Å². The van der Waals surface area contributed by atoms with Gasteiger partial charge in [-0.1, -0.05) is 83.4 Å². The third kappa shape index (κ3) is 8.71. The smallest absolute Gasteiger partial charge is 0.244 e. The Morgan fingerprint density at radius 1 is 0.897 bits per heavy atom. The van der Waals surface area contributed by atoms with E-state index in [1.807, 2.05) is 75.4 Å². The van der Waals surface area contributed by atoms with E-state index in [-0.39, 0.29) is 40.6 Å². The van der Waals surface area contributed by atoms with Crippen molar-refractivity contribution >= 4 is 50.7 Å². The normalized spacial score (nSPS) is 12.2. The number of nitrogens with one attached hydrogen (secondary N) is 1. The Labute approximate surface area is 240 Å². The lowest BCUT2D eigenvalue weighted by molar-refractivity contribution is -0.140. The molecule has 1 unspecified atom stereocenters. The molecule has 3 aromatic rings. The zero-order valence-electron chi connectivity index (χ0n) is 22.4. The van der Waals surface area contributed by atoms with Crippen molar-refractivity contribution < 1.29 is 18.0 Å². The molecule has 3 aromatic carbocycles. The molecule has 0 saturated carbocycles. The number of halogens is 2. The maximum Gasteiger partial charge on any atom is 0.244 e. The van der Waals surface area contributed by atoms with Gasteiger partial charge in [0, 0.05) is 19.0 Å². The predicted molar refractivity (Wildman–Crippen MR) is 158 cm³/mol. The van der Waals surface area contributed by atoms with E-state index in [9.17, 15) is 18.0 Å². The second-order valence-corrected chi connectivity index (χ2v) is 12.5. The molecule has 2 amide bonds. The monoisotopic (exact) mass is 589 g/mol. The summed E-state index contributed by atoms with van der Waals surface area (Å²) < 4.78 is 26.6. The number of aryl methyl sites for hydroxylation is 1. The van der Waals surface area contributed by atoms with Crippen molar-refractivity contribution in [3.05, 3.63) is 99.5 Å². The van der Waals surface area contributed by atoms with Crippen LogP contribution in [0.5, 0.6) is 0 Å². The van der Waals surface area contributed by atoms with Gasteiger partial charge in [-0.25, -0.2) is 8.42 Å². The van der Waals surface area contributed by atoms with Crippen molar-refractivity contribution in [2.45, 2.75) is 45.8 Å². The highest BCUT2D eigenvalue weighted by Crippen LogP contribution is 2.29. The summed E-state index contributed by atoms with van der Waals surface area (Å²) >= 11 is 12.2. The first kappa shape index (κ1) is 30.5. The summed E-state index contributed by atoms with van der Waals surface area (Å²) in [6, 6.07) is 20.3. The number of benzene rings is 3. The lowest BCUT2D eigenvalue weighted by atomic mass is 10.0. The van der Waals surface area contributed by atoms with E-state index in [4.69, 9.17) is 23.2 Å². The Hall–Kier alpha value is -3.07. The third-order valence-electron chi connectivity index (χ3n) is 6.05. The molecule has 0 fully saturated rings. The second kappa shape index (κ2) is 13.3. The Bertz CT molecular complexity index is 1400. The van der Waals surface area contributed by atoms with Crippen LogP contribution < -0.4 is 9.62 Å². The third-order valence-corrected chi connectivity index (χ3v) is 7.93. The number of carbonyl (C=O) groups is 2. The highest BCUT2D eigenvalue weighted by Gasteiger charge is 2.33. The standard InChI is InChI=1S/C29H33Cl2N3O4S/c1-20(2)32-29(36)27(16-22-8-6-5-7-9-22)33(18-23-12-10-21(3)11-13-23)28(35)19-34(39(4,37)38)24-14-15-25(30)26(31)17-24/h5-15,17,20,27H,16,18-19H2,1-4H3,(H,32,36). The average Bonchev–Trinajstić information content (AvgIpc) is 2.87. The van der Waals surface area contributed by atoms with Gasteiger partial charge in [-0.15, -0.1) is 0 Å².